The van der Waals surface area contributed by atoms with Crippen LogP contribution >= 0.6 is 15.9 Å². The molecule has 0 bridgehead atoms. The Morgan fingerprint density at radius 2 is 1.91 bits per heavy atom. The Kier molecular flexibility index (Phi) is 4.30. The van der Waals surface area contributed by atoms with E-state index in [1.54, 1.807) is 12.1 Å². The van der Waals surface area contributed by atoms with Crippen LogP contribution in [0.1, 0.15) is 30.4 Å². The average Bonchev–Trinajstić information content (AvgIpc) is 2.45. The van der Waals surface area contributed by atoms with Gasteiger partial charge in [-0.1, -0.05) is 40.2 Å². The lowest BCUT2D eigenvalue weighted by atomic mass is 9.71. The van der Waals surface area contributed by atoms with Crippen LogP contribution in [0.25, 0.3) is 0 Å². The topological polar surface area (TPSA) is 29.1 Å². The first-order valence-corrected chi connectivity index (χ1v) is 8.18. The second kappa shape index (κ2) is 6.21. The van der Waals surface area contributed by atoms with Crippen LogP contribution in [0, 0.1) is 5.82 Å². The van der Waals surface area contributed by atoms with Gasteiger partial charge in [-0.15, -0.1) is 0 Å². The molecule has 0 aliphatic heterocycles. The molecule has 0 radical (unpaired) electrons. The van der Waals surface area contributed by atoms with E-state index < -0.39 is 0 Å². The molecular formula is C18H17BrFNO. The zero-order chi connectivity index (χ0) is 15.6. The quantitative estimate of drug-likeness (QED) is 0.862. The van der Waals surface area contributed by atoms with E-state index in [0.29, 0.717) is 0 Å². The number of hydrogen-bond acceptors (Lipinski definition) is 1. The lowest BCUT2D eigenvalue weighted by Crippen LogP contribution is -2.51. The lowest BCUT2D eigenvalue weighted by Gasteiger charge is -2.43. The van der Waals surface area contributed by atoms with Gasteiger partial charge in [0.25, 0.3) is 0 Å². The smallest absolute Gasteiger partial charge is 0.225 e. The zero-order valence-electron chi connectivity index (χ0n) is 12.1. The second-order valence-corrected chi connectivity index (χ2v) is 6.71. The SMILES string of the molecule is O=C(Cc1ccc(F)cc1)NC1(c2cccc(Br)c2)CCC1. The fourth-order valence-corrected chi connectivity index (χ4v) is 3.30. The summed E-state index contributed by atoms with van der Waals surface area (Å²) in [7, 11) is 0. The fourth-order valence-electron chi connectivity index (χ4n) is 2.90. The Bertz CT molecular complexity index is 680. The Hall–Kier alpha value is -1.68. The summed E-state index contributed by atoms with van der Waals surface area (Å²) < 4.78 is 13.9. The molecule has 0 unspecified atom stereocenters. The maximum Gasteiger partial charge on any atom is 0.225 e. The van der Waals surface area contributed by atoms with E-state index >= 15 is 0 Å². The summed E-state index contributed by atoms with van der Waals surface area (Å²) in [5, 5.41) is 3.18. The van der Waals surface area contributed by atoms with Crippen LogP contribution in [0.3, 0.4) is 0 Å². The molecule has 2 nitrogen and oxygen atoms in total. The number of nitrogens with one attached hydrogen (secondary N) is 1. The Balaban J connectivity index is 1.72. The number of amides is 1. The molecule has 1 N–H and O–H groups in total. The van der Waals surface area contributed by atoms with Crippen molar-refractivity contribution < 1.29 is 9.18 Å². The molecule has 4 heteroatoms. The molecule has 22 heavy (non-hydrogen) atoms. The van der Waals surface area contributed by atoms with Gasteiger partial charge in [0.05, 0.1) is 12.0 Å². The standard InChI is InChI=1S/C18H17BrFNO/c19-15-4-1-3-14(12-15)18(9-2-10-18)21-17(22)11-13-5-7-16(20)8-6-13/h1,3-8,12H,2,9-11H2,(H,21,22). The molecule has 0 aromatic heterocycles. The number of hydrogen-bond donors (Lipinski definition) is 1. The largest absolute Gasteiger partial charge is 0.346 e. The summed E-state index contributed by atoms with van der Waals surface area (Å²) in [4.78, 5) is 12.3. The highest BCUT2D eigenvalue weighted by molar-refractivity contribution is 9.10. The summed E-state index contributed by atoms with van der Waals surface area (Å²) in [6.07, 6.45) is 3.30. The van der Waals surface area contributed by atoms with Crippen LogP contribution in [-0.2, 0) is 16.8 Å². The first-order chi connectivity index (χ1) is 10.6. The molecule has 0 saturated heterocycles. The van der Waals surface area contributed by atoms with Crippen LogP contribution in [0.2, 0.25) is 0 Å². The number of carbonyl (C=O) groups is 1. The minimum atomic E-state index is -0.284. The molecule has 0 spiro atoms. The van der Waals surface area contributed by atoms with E-state index in [1.807, 2.05) is 12.1 Å². The van der Waals surface area contributed by atoms with Gasteiger partial charge in [0.1, 0.15) is 5.82 Å². The molecule has 0 atom stereocenters. The van der Waals surface area contributed by atoms with Gasteiger partial charge in [-0.05, 0) is 54.7 Å². The highest BCUT2D eigenvalue weighted by Crippen LogP contribution is 2.41. The van der Waals surface area contributed by atoms with E-state index in [4.69, 9.17) is 0 Å². The van der Waals surface area contributed by atoms with Gasteiger partial charge in [0, 0.05) is 4.47 Å². The molecule has 3 rings (SSSR count). The minimum absolute atomic E-state index is 0.0220. The summed E-state index contributed by atoms with van der Waals surface area (Å²) in [6, 6.07) is 14.2. The first-order valence-electron chi connectivity index (χ1n) is 7.39. The molecule has 1 aliphatic carbocycles. The van der Waals surface area contributed by atoms with Crippen LogP contribution in [0.4, 0.5) is 4.39 Å². The van der Waals surface area contributed by atoms with Crippen molar-refractivity contribution in [2.24, 2.45) is 0 Å². The van der Waals surface area contributed by atoms with Crippen molar-refractivity contribution >= 4 is 21.8 Å². The van der Waals surface area contributed by atoms with Crippen molar-refractivity contribution in [3.8, 4) is 0 Å². The van der Waals surface area contributed by atoms with Gasteiger partial charge in [0.2, 0.25) is 5.91 Å². The predicted octanol–water partition coefficient (Wildman–Crippen LogP) is 4.33. The molecular weight excluding hydrogens is 345 g/mol. The molecule has 2 aromatic rings. The number of benzene rings is 2. The number of carbonyl (C=O) groups excluding carboxylic acids is 1. The van der Waals surface area contributed by atoms with Gasteiger partial charge >= 0.3 is 0 Å². The Morgan fingerprint density at radius 3 is 2.50 bits per heavy atom. The van der Waals surface area contributed by atoms with E-state index in [0.717, 1.165) is 34.9 Å². The van der Waals surface area contributed by atoms with Crippen LogP contribution < -0.4 is 5.32 Å². The van der Waals surface area contributed by atoms with Crippen LogP contribution in [0.15, 0.2) is 53.0 Å². The molecule has 1 saturated carbocycles. The first kappa shape index (κ1) is 15.2. The van der Waals surface area contributed by atoms with Crippen molar-refractivity contribution in [2.45, 2.75) is 31.2 Å². The molecule has 1 amide bonds. The zero-order valence-corrected chi connectivity index (χ0v) is 13.7. The number of rotatable bonds is 4. The monoisotopic (exact) mass is 361 g/mol. The van der Waals surface area contributed by atoms with Gasteiger partial charge in [-0.25, -0.2) is 4.39 Å². The minimum Gasteiger partial charge on any atom is -0.346 e. The van der Waals surface area contributed by atoms with E-state index in [1.165, 1.54) is 12.1 Å². The van der Waals surface area contributed by atoms with Crippen molar-refractivity contribution in [1.82, 2.24) is 5.32 Å². The van der Waals surface area contributed by atoms with Crippen molar-refractivity contribution in [2.75, 3.05) is 0 Å². The fraction of sp³-hybridized carbons (Fsp3) is 0.278. The van der Waals surface area contributed by atoms with E-state index in [9.17, 15) is 9.18 Å². The van der Waals surface area contributed by atoms with E-state index in [-0.39, 0.29) is 23.7 Å². The maximum atomic E-state index is 12.9. The lowest BCUT2D eigenvalue weighted by molar-refractivity contribution is -0.123. The van der Waals surface area contributed by atoms with Gasteiger partial charge in [-0.2, -0.15) is 0 Å². The van der Waals surface area contributed by atoms with Gasteiger partial charge in [0.15, 0.2) is 0 Å². The van der Waals surface area contributed by atoms with Gasteiger partial charge in [-0.3, -0.25) is 4.79 Å². The average molecular weight is 362 g/mol. The summed E-state index contributed by atoms with van der Waals surface area (Å²) >= 11 is 3.49. The molecule has 0 heterocycles. The Morgan fingerprint density at radius 1 is 1.18 bits per heavy atom. The number of halogens is 2. The molecule has 114 valence electrons. The highest BCUT2D eigenvalue weighted by Gasteiger charge is 2.39. The summed E-state index contributed by atoms with van der Waals surface area (Å²) in [5.74, 6) is -0.306. The van der Waals surface area contributed by atoms with Crippen LogP contribution in [0.5, 0.6) is 0 Å². The Labute approximate surface area is 137 Å². The predicted molar refractivity (Wildman–Crippen MR) is 87.9 cm³/mol. The maximum absolute atomic E-state index is 12.9. The van der Waals surface area contributed by atoms with Crippen molar-refractivity contribution in [3.05, 3.63) is 69.9 Å². The molecule has 1 fully saturated rings. The normalized spacial score (nSPS) is 15.9. The second-order valence-electron chi connectivity index (χ2n) is 5.80. The third-order valence-corrected chi connectivity index (χ3v) is 4.73. The van der Waals surface area contributed by atoms with E-state index in [2.05, 4.69) is 33.4 Å². The third-order valence-electron chi connectivity index (χ3n) is 4.24. The van der Waals surface area contributed by atoms with Crippen molar-refractivity contribution in [1.29, 1.82) is 0 Å². The van der Waals surface area contributed by atoms with Crippen LogP contribution in [-0.4, -0.2) is 5.91 Å². The van der Waals surface area contributed by atoms with Gasteiger partial charge < -0.3 is 5.32 Å². The summed E-state index contributed by atoms with van der Waals surface area (Å²) in [5.41, 5.74) is 1.71. The summed E-state index contributed by atoms with van der Waals surface area (Å²) in [6.45, 7) is 0. The highest BCUT2D eigenvalue weighted by atomic mass is 79.9. The molecule has 2 aromatic carbocycles. The third kappa shape index (κ3) is 3.22. The van der Waals surface area contributed by atoms with Crippen molar-refractivity contribution in [3.63, 3.8) is 0 Å². The molecule has 1 aliphatic rings.